The third kappa shape index (κ3) is 5.94. The van der Waals surface area contributed by atoms with Crippen molar-refractivity contribution in [1.82, 2.24) is 14.2 Å². The minimum atomic E-state index is -3.58. The van der Waals surface area contributed by atoms with Gasteiger partial charge in [0.2, 0.25) is 10.0 Å². The van der Waals surface area contributed by atoms with Crippen LogP contribution in [0.3, 0.4) is 0 Å². The Morgan fingerprint density at radius 1 is 1.13 bits per heavy atom. The lowest BCUT2D eigenvalue weighted by atomic mass is 10.0. The van der Waals surface area contributed by atoms with E-state index >= 15 is 0 Å². The first-order valence-corrected chi connectivity index (χ1v) is 15.7. The molecule has 1 unspecified atom stereocenters. The molecule has 0 bridgehead atoms. The first-order valence-electron chi connectivity index (χ1n) is 13.4. The van der Waals surface area contributed by atoms with Crippen LogP contribution < -0.4 is 4.90 Å². The molecule has 2 saturated heterocycles. The molecular weight excluding hydrogens is 520 g/mol. The van der Waals surface area contributed by atoms with E-state index in [9.17, 15) is 13.2 Å². The van der Waals surface area contributed by atoms with Gasteiger partial charge in [0.15, 0.2) is 5.13 Å². The Morgan fingerprint density at radius 3 is 2.61 bits per heavy atom. The number of anilines is 1. The number of benzene rings is 2. The lowest BCUT2D eigenvalue weighted by Crippen LogP contribution is -2.39. The summed E-state index contributed by atoms with van der Waals surface area (Å²) in [4.78, 5) is 23.0. The molecule has 2 aromatic carbocycles. The van der Waals surface area contributed by atoms with Gasteiger partial charge in [0, 0.05) is 44.8 Å². The number of carbonyl (C=O) groups is 1. The predicted octanol–water partition coefficient (Wildman–Crippen LogP) is 4.39. The largest absolute Gasteiger partial charge is 0.379 e. The molecule has 1 amide bonds. The Labute approximate surface area is 229 Å². The van der Waals surface area contributed by atoms with Gasteiger partial charge in [-0.25, -0.2) is 13.4 Å². The summed E-state index contributed by atoms with van der Waals surface area (Å²) in [6.45, 7) is 9.89. The van der Waals surface area contributed by atoms with Gasteiger partial charge in [-0.1, -0.05) is 30.4 Å². The monoisotopic (exact) mass is 556 g/mol. The molecule has 0 spiro atoms. The van der Waals surface area contributed by atoms with Crippen LogP contribution in [0.25, 0.3) is 10.2 Å². The topological polar surface area (TPSA) is 83.0 Å². The van der Waals surface area contributed by atoms with Crippen LogP contribution in [-0.2, 0) is 14.8 Å². The van der Waals surface area contributed by atoms with Crippen LogP contribution in [0.15, 0.2) is 47.4 Å². The molecule has 3 aromatic rings. The fraction of sp³-hybridized carbons (Fsp3) is 0.500. The lowest BCUT2D eigenvalue weighted by molar-refractivity contribution is 0.0376. The fourth-order valence-electron chi connectivity index (χ4n) is 5.19. The number of piperidine rings is 1. The molecule has 38 heavy (non-hydrogen) atoms. The number of morpholine rings is 1. The van der Waals surface area contributed by atoms with Gasteiger partial charge in [0.05, 0.1) is 28.3 Å². The summed E-state index contributed by atoms with van der Waals surface area (Å²) < 4.78 is 34.5. The maximum atomic E-state index is 13.8. The number of fused-ring (bicyclic) bond motifs is 1. The average Bonchev–Trinajstić information content (AvgIpc) is 3.37. The molecule has 1 atom stereocenters. The van der Waals surface area contributed by atoms with Crippen LogP contribution in [0.2, 0.25) is 0 Å². The molecular formula is C28H36N4O4S2. The fourth-order valence-corrected chi connectivity index (χ4v) is 7.86. The summed E-state index contributed by atoms with van der Waals surface area (Å²) in [6, 6.07) is 12.5. The number of aromatic nitrogens is 1. The highest BCUT2D eigenvalue weighted by Crippen LogP contribution is 2.32. The summed E-state index contributed by atoms with van der Waals surface area (Å²) in [5.74, 6) is 0.182. The zero-order valence-corrected chi connectivity index (χ0v) is 23.8. The molecule has 0 N–H and O–H groups in total. The first-order chi connectivity index (χ1) is 18.3. The van der Waals surface area contributed by atoms with E-state index in [1.165, 1.54) is 11.3 Å². The zero-order chi connectivity index (χ0) is 26.7. The molecule has 10 heteroatoms. The second-order valence-electron chi connectivity index (χ2n) is 10.3. The van der Waals surface area contributed by atoms with Gasteiger partial charge < -0.3 is 4.74 Å². The summed E-state index contributed by atoms with van der Waals surface area (Å²) in [5.41, 5.74) is 2.45. The predicted molar refractivity (Wildman–Crippen MR) is 152 cm³/mol. The van der Waals surface area contributed by atoms with Crippen LogP contribution >= 0.6 is 11.3 Å². The van der Waals surface area contributed by atoms with Crippen molar-refractivity contribution in [2.75, 3.05) is 57.4 Å². The van der Waals surface area contributed by atoms with Crippen molar-refractivity contribution in [1.29, 1.82) is 0 Å². The zero-order valence-electron chi connectivity index (χ0n) is 22.1. The summed E-state index contributed by atoms with van der Waals surface area (Å²) >= 11 is 1.51. The van der Waals surface area contributed by atoms with Crippen molar-refractivity contribution in [3.05, 3.63) is 53.6 Å². The van der Waals surface area contributed by atoms with Crippen molar-refractivity contribution < 1.29 is 17.9 Å². The number of aryl methyl sites for hydroxylation is 1. The van der Waals surface area contributed by atoms with Gasteiger partial charge in [-0.3, -0.25) is 14.6 Å². The van der Waals surface area contributed by atoms with Crippen LogP contribution in [0.1, 0.15) is 42.1 Å². The van der Waals surface area contributed by atoms with Crippen molar-refractivity contribution in [2.24, 2.45) is 5.92 Å². The molecule has 204 valence electrons. The third-order valence-corrected chi connectivity index (χ3v) is 10.3. The minimum absolute atomic E-state index is 0.167. The van der Waals surface area contributed by atoms with Crippen molar-refractivity contribution >= 4 is 42.6 Å². The molecule has 1 aromatic heterocycles. The highest BCUT2D eigenvalue weighted by Gasteiger charge is 2.29. The normalized spacial score (nSPS) is 19.6. The average molecular weight is 557 g/mol. The second-order valence-corrected chi connectivity index (χ2v) is 13.3. The number of ether oxygens (including phenoxy) is 1. The number of nitrogens with zero attached hydrogens (tertiary/aromatic N) is 4. The third-order valence-electron chi connectivity index (χ3n) is 7.40. The standard InChI is InChI=1S/C28H36N4O4S2/c1-21-6-4-14-31(20-21)38(34,35)24-11-9-23(10-12-24)27(33)32(15-5-13-30-16-18-36-19-17-30)28-29-26-22(2)7-3-8-25(26)37-28/h3,7-12,21H,4-6,13-20H2,1-2H3. The number of hydrogen-bond acceptors (Lipinski definition) is 7. The van der Waals surface area contributed by atoms with Gasteiger partial charge in [-0.2, -0.15) is 4.31 Å². The van der Waals surface area contributed by atoms with Gasteiger partial charge in [-0.05, 0) is 68.0 Å². The SMILES string of the molecule is Cc1cccc2sc(N(CCCN3CCOCC3)C(=O)c3ccc(S(=O)(=O)N4CCCC(C)C4)cc3)nc12. The Hall–Kier alpha value is -2.37. The maximum Gasteiger partial charge on any atom is 0.260 e. The van der Waals surface area contributed by atoms with Gasteiger partial charge in [-0.15, -0.1) is 0 Å². The van der Waals surface area contributed by atoms with Crippen LogP contribution in [0.5, 0.6) is 0 Å². The Kier molecular flexibility index (Phi) is 8.44. The van der Waals surface area contributed by atoms with Gasteiger partial charge >= 0.3 is 0 Å². The highest BCUT2D eigenvalue weighted by atomic mass is 32.2. The van der Waals surface area contributed by atoms with Crippen molar-refractivity contribution in [3.8, 4) is 0 Å². The lowest BCUT2D eigenvalue weighted by Gasteiger charge is -2.30. The van der Waals surface area contributed by atoms with Crippen LogP contribution in [-0.4, -0.2) is 81.0 Å². The smallest absolute Gasteiger partial charge is 0.260 e. The molecule has 0 saturated carbocycles. The van der Waals surface area contributed by atoms with Crippen molar-refractivity contribution in [2.45, 2.75) is 38.0 Å². The van der Waals surface area contributed by atoms with E-state index in [0.717, 1.165) is 67.9 Å². The molecule has 2 aliphatic rings. The minimum Gasteiger partial charge on any atom is -0.379 e. The van der Waals surface area contributed by atoms with Crippen LogP contribution in [0, 0.1) is 12.8 Å². The van der Waals surface area contributed by atoms with E-state index in [1.807, 2.05) is 25.1 Å². The number of rotatable bonds is 8. The molecule has 0 aliphatic carbocycles. The Morgan fingerprint density at radius 2 is 1.89 bits per heavy atom. The van der Waals surface area contributed by atoms with Crippen LogP contribution in [0.4, 0.5) is 5.13 Å². The molecule has 2 fully saturated rings. The number of thiazole rings is 1. The molecule has 0 radical (unpaired) electrons. The van der Waals surface area contributed by atoms with E-state index < -0.39 is 10.0 Å². The highest BCUT2D eigenvalue weighted by molar-refractivity contribution is 7.89. The number of carbonyl (C=O) groups excluding carboxylic acids is 1. The van der Waals surface area contributed by atoms with E-state index in [0.29, 0.717) is 36.2 Å². The number of hydrogen-bond donors (Lipinski definition) is 0. The second kappa shape index (κ2) is 11.8. The molecule has 8 nitrogen and oxygen atoms in total. The first kappa shape index (κ1) is 27.2. The number of amides is 1. The molecule has 5 rings (SSSR count). The van der Waals surface area contributed by atoms with E-state index in [1.54, 1.807) is 33.5 Å². The number of para-hydroxylation sites is 1. The number of sulfonamides is 1. The van der Waals surface area contributed by atoms with Crippen molar-refractivity contribution in [3.63, 3.8) is 0 Å². The van der Waals surface area contributed by atoms with E-state index in [-0.39, 0.29) is 10.8 Å². The van der Waals surface area contributed by atoms with Gasteiger partial charge in [0.1, 0.15) is 0 Å². The summed E-state index contributed by atoms with van der Waals surface area (Å²) in [7, 11) is -3.58. The summed E-state index contributed by atoms with van der Waals surface area (Å²) in [6.07, 6.45) is 2.73. The molecule has 2 aliphatic heterocycles. The Bertz CT molecular complexity index is 1370. The van der Waals surface area contributed by atoms with E-state index in [2.05, 4.69) is 11.8 Å². The Balaban J connectivity index is 1.37. The summed E-state index contributed by atoms with van der Waals surface area (Å²) in [5, 5.41) is 0.667. The molecule has 3 heterocycles. The van der Waals surface area contributed by atoms with Gasteiger partial charge in [0.25, 0.3) is 5.91 Å². The van der Waals surface area contributed by atoms with E-state index in [4.69, 9.17) is 9.72 Å². The maximum absolute atomic E-state index is 13.8. The quantitative estimate of drug-likeness (QED) is 0.409.